The van der Waals surface area contributed by atoms with Crippen molar-refractivity contribution in [3.8, 4) is 0 Å². The number of nitrogens with one attached hydrogen (secondary N) is 1. The maximum atomic E-state index is 11.9. The van der Waals surface area contributed by atoms with Crippen molar-refractivity contribution in [2.45, 2.75) is 6.42 Å². The summed E-state index contributed by atoms with van der Waals surface area (Å²) in [6.07, 6.45) is 6.05. The van der Waals surface area contributed by atoms with Crippen LogP contribution in [0, 0.1) is 5.92 Å². The predicted octanol–water partition coefficient (Wildman–Crippen LogP) is 3.39. The lowest BCUT2D eigenvalue weighted by Crippen LogP contribution is -2.29. The molecule has 1 N–H and O–H groups in total. The van der Waals surface area contributed by atoms with Crippen LogP contribution in [0.15, 0.2) is 54.7 Å². The van der Waals surface area contributed by atoms with Crippen molar-refractivity contribution in [3.05, 3.63) is 65.5 Å². The highest BCUT2D eigenvalue weighted by Gasteiger charge is 2.22. The second-order valence-electron chi connectivity index (χ2n) is 5.91. The summed E-state index contributed by atoms with van der Waals surface area (Å²) in [6, 6.07) is 13.5. The van der Waals surface area contributed by atoms with Crippen LogP contribution >= 0.6 is 11.6 Å². The van der Waals surface area contributed by atoms with E-state index in [2.05, 4.69) is 15.2 Å². The molecule has 1 fully saturated rings. The highest BCUT2D eigenvalue weighted by atomic mass is 35.5. The number of rotatable bonds is 5. The van der Waals surface area contributed by atoms with Crippen LogP contribution in [-0.2, 0) is 4.79 Å². The zero-order valence-electron chi connectivity index (χ0n) is 13.4. The van der Waals surface area contributed by atoms with Crippen molar-refractivity contribution < 1.29 is 4.79 Å². The van der Waals surface area contributed by atoms with E-state index in [0.29, 0.717) is 12.5 Å². The van der Waals surface area contributed by atoms with Gasteiger partial charge in [0.15, 0.2) is 0 Å². The molecule has 1 aliphatic rings. The summed E-state index contributed by atoms with van der Waals surface area (Å²) in [5.74, 6) is 0.387. The highest BCUT2D eigenvalue weighted by molar-refractivity contribution is 6.30. The second kappa shape index (κ2) is 7.97. The molecule has 1 saturated heterocycles. The first kappa shape index (κ1) is 16.5. The number of benzene rings is 1. The molecule has 1 atom stereocenters. The molecule has 124 valence electrons. The van der Waals surface area contributed by atoms with E-state index in [0.717, 1.165) is 30.2 Å². The maximum Gasteiger partial charge on any atom is 0.244 e. The molecule has 24 heavy (non-hydrogen) atoms. The molecule has 0 radical (unpaired) electrons. The number of carbonyl (C=O) groups excluding carboxylic acids is 1. The van der Waals surface area contributed by atoms with Gasteiger partial charge in [-0.2, -0.15) is 0 Å². The van der Waals surface area contributed by atoms with Crippen molar-refractivity contribution in [2.75, 3.05) is 24.5 Å². The lowest BCUT2D eigenvalue weighted by Gasteiger charge is -2.18. The first-order chi connectivity index (χ1) is 11.7. The molecule has 3 rings (SSSR count). The van der Waals surface area contributed by atoms with Crippen LogP contribution in [0.4, 0.5) is 5.69 Å². The summed E-state index contributed by atoms with van der Waals surface area (Å²) in [4.78, 5) is 18.4. The summed E-state index contributed by atoms with van der Waals surface area (Å²) in [5.41, 5.74) is 1.96. The molecular weight excluding hydrogens is 322 g/mol. The Bertz CT molecular complexity index is 700. The Balaban J connectivity index is 1.45. The van der Waals surface area contributed by atoms with Gasteiger partial charge in [0.2, 0.25) is 5.91 Å². The number of hydrogen-bond acceptors (Lipinski definition) is 3. The van der Waals surface area contributed by atoms with Crippen LogP contribution in [0.2, 0.25) is 5.02 Å². The molecule has 4 nitrogen and oxygen atoms in total. The van der Waals surface area contributed by atoms with Crippen molar-refractivity contribution in [1.29, 1.82) is 0 Å². The Hall–Kier alpha value is -2.33. The number of carbonyl (C=O) groups is 1. The van der Waals surface area contributed by atoms with E-state index in [9.17, 15) is 4.79 Å². The molecule has 0 bridgehead atoms. The van der Waals surface area contributed by atoms with Crippen molar-refractivity contribution in [2.24, 2.45) is 5.92 Å². The summed E-state index contributed by atoms with van der Waals surface area (Å²) in [5, 5.41) is 3.73. The smallest absolute Gasteiger partial charge is 0.244 e. The lowest BCUT2D eigenvalue weighted by atomic mass is 10.1. The monoisotopic (exact) mass is 341 g/mol. The Morgan fingerprint density at radius 2 is 2.12 bits per heavy atom. The fourth-order valence-electron chi connectivity index (χ4n) is 2.83. The Kier molecular flexibility index (Phi) is 5.49. The average molecular weight is 342 g/mol. The van der Waals surface area contributed by atoms with Gasteiger partial charge in [0.25, 0.3) is 0 Å². The van der Waals surface area contributed by atoms with E-state index in [1.807, 2.05) is 42.5 Å². The average Bonchev–Trinajstić information content (AvgIpc) is 3.09. The number of aromatic nitrogens is 1. The predicted molar refractivity (Wildman–Crippen MR) is 98.1 cm³/mol. The normalized spacial score (nSPS) is 17.4. The number of halogens is 1. The van der Waals surface area contributed by atoms with Crippen LogP contribution in [0.3, 0.4) is 0 Å². The summed E-state index contributed by atoms with van der Waals surface area (Å²) < 4.78 is 0. The standard InChI is InChI=1S/C19H20ClN3O/c20-16-4-7-18(8-5-16)23-12-10-15(14-23)13-22-19(24)9-6-17-3-1-2-11-21-17/h1-9,11,15H,10,12-14H2,(H,22,24)/b9-6+. The van der Waals surface area contributed by atoms with Gasteiger partial charge in [-0.15, -0.1) is 0 Å². The molecule has 1 aliphatic heterocycles. The van der Waals surface area contributed by atoms with Crippen molar-refractivity contribution in [3.63, 3.8) is 0 Å². The number of pyridine rings is 1. The van der Waals surface area contributed by atoms with Gasteiger partial charge in [-0.05, 0) is 54.8 Å². The van der Waals surface area contributed by atoms with E-state index in [4.69, 9.17) is 11.6 Å². The molecule has 1 aromatic heterocycles. The number of amides is 1. The van der Waals surface area contributed by atoms with Gasteiger partial charge in [-0.1, -0.05) is 17.7 Å². The second-order valence-corrected chi connectivity index (χ2v) is 6.35. The fraction of sp³-hybridized carbons (Fsp3) is 0.263. The van der Waals surface area contributed by atoms with Gasteiger partial charge in [0.1, 0.15) is 0 Å². The van der Waals surface area contributed by atoms with E-state index in [-0.39, 0.29) is 5.91 Å². The Labute approximate surface area is 147 Å². The highest BCUT2D eigenvalue weighted by Crippen LogP contribution is 2.24. The molecule has 0 spiro atoms. The van der Waals surface area contributed by atoms with Crippen molar-refractivity contribution >= 4 is 29.3 Å². The van der Waals surface area contributed by atoms with Gasteiger partial charge in [-0.3, -0.25) is 9.78 Å². The van der Waals surface area contributed by atoms with Crippen LogP contribution in [-0.4, -0.2) is 30.5 Å². The summed E-state index contributed by atoms with van der Waals surface area (Å²) in [6.45, 7) is 2.65. The minimum Gasteiger partial charge on any atom is -0.371 e. The van der Waals surface area contributed by atoms with Gasteiger partial charge < -0.3 is 10.2 Å². The number of anilines is 1. The molecule has 1 aromatic carbocycles. The van der Waals surface area contributed by atoms with Crippen LogP contribution < -0.4 is 10.2 Å². The molecule has 0 saturated carbocycles. The van der Waals surface area contributed by atoms with Gasteiger partial charge in [0.05, 0.1) is 5.69 Å². The fourth-order valence-corrected chi connectivity index (χ4v) is 2.95. The van der Waals surface area contributed by atoms with E-state index >= 15 is 0 Å². The van der Waals surface area contributed by atoms with E-state index in [1.54, 1.807) is 12.3 Å². The molecule has 2 heterocycles. The third-order valence-electron chi connectivity index (χ3n) is 4.14. The minimum atomic E-state index is -0.0782. The third-order valence-corrected chi connectivity index (χ3v) is 4.39. The molecule has 1 amide bonds. The number of hydrogen-bond donors (Lipinski definition) is 1. The van der Waals surface area contributed by atoms with Gasteiger partial charge >= 0.3 is 0 Å². The zero-order chi connectivity index (χ0) is 16.8. The molecule has 0 aliphatic carbocycles. The first-order valence-corrected chi connectivity index (χ1v) is 8.46. The Morgan fingerprint density at radius 3 is 2.88 bits per heavy atom. The SMILES string of the molecule is O=C(/C=C/c1ccccn1)NCC1CCN(c2ccc(Cl)cc2)C1. The summed E-state index contributed by atoms with van der Waals surface area (Å²) >= 11 is 5.93. The van der Waals surface area contributed by atoms with Gasteiger partial charge in [-0.25, -0.2) is 0 Å². The molecule has 1 unspecified atom stereocenters. The van der Waals surface area contributed by atoms with Gasteiger partial charge in [0, 0.05) is 42.6 Å². The van der Waals surface area contributed by atoms with E-state index < -0.39 is 0 Å². The Morgan fingerprint density at radius 1 is 1.29 bits per heavy atom. The summed E-state index contributed by atoms with van der Waals surface area (Å²) in [7, 11) is 0. The number of nitrogens with zero attached hydrogens (tertiary/aromatic N) is 2. The lowest BCUT2D eigenvalue weighted by molar-refractivity contribution is -0.116. The quantitative estimate of drug-likeness (QED) is 0.848. The maximum absolute atomic E-state index is 11.9. The molecule has 5 heteroatoms. The third kappa shape index (κ3) is 4.59. The van der Waals surface area contributed by atoms with E-state index in [1.165, 1.54) is 11.8 Å². The minimum absolute atomic E-state index is 0.0782. The first-order valence-electron chi connectivity index (χ1n) is 8.08. The topological polar surface area (TPSA) is 45.2 Å². The van der Waals surface area contributed by atoms with Crippen molar-refractivity contribution in [1.82, 2.24) is 10.3 Å². The molecular formula is C19H20ClN3O. The van der Waals surface area contributed by atoms with Crippen LogP contribution in [0.1, 0.15) is 12.1 Å². The molecule has 2 aromatic rings. The van der Waals surface area contributed by atoms with Crippen LogP contribution in [0.25, 0.3) is 6.08 Å². The largest absolute Gasteiger partial charge is 0.371 e. The zero-order valence-corrected chi connectivity index (χ0v) is 14.1. The van der Waals surface area contributed by atoms with Crippen LogP contribution in [0.5, 0.6) is 0 Å².